The summed E-state index contributed by atoms with van der Waals surface area (Å²) in [5.41, 5.74) is 3.67. The van der Waals surface area contributed by atoms with Gasteiger partial charge in [0.25, 0.3) is 5.91 Å². The second-order valence-corrected chi connectivity index (χ2v) is 10.8. The summed E-state index contributed by atoms with van der Waals surface area (Å²) in [6, 6.07) is 9.35. The summed E-state index contributed by atoms with van der Waals surface area (Å²) in [6.07, 6.45) is 5.90. The van der Waals surface area contributed by atoms with Crippen LogP contribution in [0.3, 0.4) is 0 Å². The van der Waals surface area contributed by atoms with Gasteiger partial charge in [0, 0.05) is 29.7 Å². The fourth-order valence-electron chi connectivity index (χ4n) is 5.51. The lowest BCUT2D eigenvalue weighted by molar-refractivity contribution is -0.118. The van der Waals surface area contributed by atoms with Crippen molar-refractivity contribution in [2.24, 2.45) is 11.8 Å². The molecule has 1 saturated heterocycles. The molecule has 2 amide bonds. The van der Waals surface area contributed by atoms with Crippen LogP contribution in [0.5, 0.6) is 0 Å². The molecule has 1 aromatic carbocycles. The summed E-state index contributed by atoms with van der Waals surface area (Å²) >= 11 is 6.11. The highest BCUT2D eigenvalue weighted by Gasteiger charge is 2.53. The number of anilines is 1. The molecule has 3 aliphatic rings. The van der Waals surface area contributed by atoms with Gasteiger partial charge in [-0.05, 0) is 85.9 Å². The molecule has 3 aromatic rings. The number of nitrogens with one attached hydrogen (secondary N) is 1. The maximum absolute atomic E-state index is 12.8. The molecule has 0 spiro atoms. The third-order valence-corrected chi connectivity index (χ3v) is 8.15. The van der Waals surface area contributed by atoms with E-state index in [0.29, 0.717) is 16.5 Å². The van der Waals surface area contributed by atoms with Crippen molar-refractivity contribution in [1.82, 2.24) is 25.3 Å². The number of hydrogen-bond acceptors (Lipinski definition) is 6. The molecule has 3 fully saturated rings. The number of aryl methyl sites for hydroxylation is 1. The van der Waals surface area contributed by atoms with Crippen molar-refractivity contribution >= 4 is 29.2 Å². The second-order valence-electron chi connectivity index (χ2n) is 10.4. The zero-order valence-corrected chi connectivity index (χ0v) is 21.3. The van der Waals surface area contributed by atoms with Crippen LogP contribution in [0.4, 0.5) is 5.82 Å². The average molecular weight is 516 g/mol. The lowest BCUT2D eigenvalue weighted by atomic mass is 9.74. The lowest BCUT2D eigenvalue weighted by Crippen LogP contribution is -2.43. The highest BCUT2D eigenvalue weighted by molar-refractivity contribution is 6.30. The van der Waals surface area contributed by atoms with Crippen LogP contribution in [0.15, 0.2) is 36.7 Å². The third kappa shape index (κ3) is 4.25. The molecule has 37 heavy (non-hydrogen) atoms. The number of hydrogen-bond donors (Lipinski definition) is 1. The molecular weight excluding hydrogens is 490 g/mol. The molecule has 0 bridgehead atoms. The highest BCUT2D eigenvalue weighted by atomic mass is 35.5. The van der Waals surface area contributed by atoms with Crippen molar-refractivity contribution in [2.45, 2.75) is 51.1 Å². The van der Waals surface area contributed by atoms with E-state index >= 15 is 0 Å². The van der Waals surface area contributed by atoms with Crippen LogP contribution in [0, 0.1) is 30.1 Å². The van der Waals surface area contributed by atoms with Gasteiger partial charge in [0.2, 0.25) is 5.91 Å². The minimum absolute atomic E-state index is 0.00401. The van der Waals surface area contributed by atoms with Crippen molar-refractivity contribution in [2.75, 3.05) is 11.4 Å². The topological polar surface area (TPSA) is 117 Å². The quantitative estimate of drug-likeness (QED) is 0.534. The fraction of sp³-hybridized carbons (Fsp3) is 0.407. The van der Waals surface area contributed by atoms with Crippen LogP contribution < -0.4 is 10.2 Å². The fourth-order valence-corrected chi connectivity index (χ4v) is 5.69. The number of pyridine rings is 1. The molecule has 0 radical (unpaired) electrons. The molecule has 1 aliphatic heterocycles. The maximum Gasteiger partial charge on any atom is 0.273 e. The zero-order valence-electron chi connectivity index (χ0n) is 20.6. The Morgan fingerprint density at radius 2 is 2.08 bits per heavy atom. The smallest absolute Gasteiger partial charge is 0.273 e. The summed E-state index contributed by atoms with van der Waals surface area (Å²) < 4.78 is 1.65. The highest BCUT2D eigenvalue weighted by Crippen LogP contribution is 2.47. The SMILES string of the molecule is Cc1cc([C@@H](C)n2cc(C(=O)N[C@H]3C[C@@H](c4cc(Cl)ccc4C#N)C3)nn2)cnc1N1C[C@H]2C[C@H]2C1=O. The van der Waals surface area contributed by atoms with Crippen LogP contribution in [-0.2, 0) is 4.79 Å². The standard InChI is InChI=1S/C27H26ClN7O2/c1-14-5-18(11-30-25(14)34-12-19-8-23(19)27(34)37)15(2)35-13-24(32-33-35)26(36)31-21-6-17(7-21)22-9-20(28)4-3-16(22)10-29/h3-5,9,11,13,15,17,19,21,23H,6-8,12H2,1-2H3,(H,31,36)/t15-,17-,19-,21+,23-/m1/s1. The van der Waals surface area contributed by atoms with Crippen molar-refractivity contribution in [3.05, 3.63) is 69.6 Å². The summed E-state index contributed by atoms with van der Waals surface area (Å²) in [6.45, 7) is 4.69. The van der Waals surface area contributed by atoms with Gasteiger partial charge in [-0.25, -0.2) is 9.67 Å². The van der Waals surface area contributed by atoms with E-state index in [1.165, 1.54) is 0 Å². The van der Waals surface area contributed by atoms with Gasteiger partial charge in [0.15, 0.2) is 5.69 Å². The van der Waals surface area contributed by atoms with Gasteiger partial charge in [-0.15, -0.1) is 5.10 Å². The van der Waals surface area contributed by atoms with E-state index < -0.39 is 0 Å². The summed E-state index contributed by atoms with van der Waals surface area (Å²) in [5.74, 6) is 1.51. The molecule has 0 unspecified atom stereocenters. The number of fused-ring (bicyclic) bond motifs is 1. The summed E-state index contributed by atoms with van der Waals surface area (Å²) in [5, 5.41) is 21.3. The van der Waals surface area contributed by atoms with E-state index in [0.717, 1.165) is 48.3 Å². The molecule has 1 N–H and O–H groups in total. The van der Waals surface area contributed by atoms with Crippen molar-refractivity contribution in [1.29, 1.82) is 5.26 Å². The molecule has 3 atom stereocenters. The molecule has 3 heterocycles. The first kappa shape index (κ1) is 23.6. The minimum atomic E-state index is -0.274. The Bertz CT molecular complexity index is 1460. The van der Waals surface area contributed by atoms with Crippen molar-refractivity contribution in [3.63, 3.8) is 0 Å². The van der Waals surface area contributed by atoms with Crippen LogP contribution in [-0.4, -0.2) is 44.4 Å². The van der Waals surface area contributed by atoms with Crippen LogP contribution in [0.2, 0.25) is 5.02 Å². The molecular formula is C27H26ClN7O2. The van der Waals surface area contributed by atoms with E-state index in [1.807, 2.05) is 26.0 Å². The molecule has 2 aliphatic carbocycles. The average Bonchev–Trinajstić information content (AvgIpc) is 3.32. The molecule has 2 aromatic heterocycles. The van der Waals surface area contributed by atoms with Crippen molar-refractivity contribution < 1.29 is 9.59 Å². The van der Waals surface area contributed by atoms with Crippen molar-refractivity contribution in [3.8, 4) is 6.07 Å². The number of carbonyl (C=O) groups is 2. The molecule has 188 valence electrons. The number of piperidine rings is 1. The number of carbonyl (C=O) groups excluding carboxylic acids is 2. The molecule has 10 heteroatoms. The molecule has 2 saturated carbocycles. The Labute approximate surface area is 219 Å². The number of rotatable bonds is 6. The predicted octanol–water partition coefficient (Wildman–Crippen LogP) is 3.77. The Balaban J connectivity index is 1.08. The second kappa shape index (κ2) is 8.96. The zero-order chi connectivity index (χ0) is 25.8. The Kier molecular flexibility index (Phi) is 5.72. The third-order valence-electron chi connectivity index (χ3n) is 7.92. The molecule has 6 rings (SSSR count). The monoisotopic (exact) mass is 515 g/mol. The van der Waals surface area contributed by atoms with Crippen LogP contribution >= 0.6 is 11.6 Å². The van der Waals surface area contributed by atoms with E-state index in [4.69, 9.17) is 11.6 Å². The largest absolute Gasteiger partial charge is 0.348 e. The van der Waals surface area contributed by atoms with E-state index in [2.05, 4.69) is 26.7 Å². The van der Waals surface area contributed by atoms with Gasteiger partial charge in [-0.3, -0.25) is 14.5 Å². The summed E-state index contributed by atoms with van der Waals surface area (Å²) in [4.78, 5) is 31.6. The van der Waals surface area contributed by atoms with Gasteiger partial charge in [-0.1, -0.05) is 16.8 Å². The van der Waals surface area contributed by atoms with Gasteiger partial charge < -0.3 is 5.32 Å². The van der Waals surface area contributed by atoms with Gasteiger partial charge >= 0.3 is 0 Å². The number of nitrogens with zero attached hydrogens (tertiary/aromatic N) is 6. The normalized spacial score (nSPS) is 24.7. The van der Waals surface area contributed by atoms with Gasteiger partial charge in [0.05, 0.1) is 23.9 Å². The summed E-state index contributed by atoms with van der Waals surface area (Å²) in [7, 11) is 0. The first-order valence-electron chi connectivity index (χ1n) is 12.5. The van der Waals surface area contributed by atoms with E-state index in [9.17, 15) is 14.9 Å². The number of halogens is 1. The van der Waals surface area contributed by atoms with E-state index in [1.54, 1.807) is 34.1 Å². The Hall–Kier alpha value is -3.77. The van der Waals surface area contributed by atoms with Crippen LogP contribution in [0.25, 0.3) is 0 Å². The minimum Gasteiger partial charge on any atom is -0.348 e. The molecule has 9 nitrogen and oxygen atoms in total. The first-order chi connectivity index (χ1) is 17.8. The Morgan fingerprint density at radius 3 is 2.78 bits per heavy atom. The number of nitriles is 1. The van der Waals surface area contributed by atoms with Gasteiger partial charge in [0.1, 0.15) is 5.82 Å². The maximum atomic E-state index is 12.8. The lowest BCUT2D eigenvalue weighted by Gasteiger charge is -2.36. The first-order valence-corrected chi connectivity index (χ1v) is 12.9. The van der Waals surface area contributed by atoms with Gasteiger partial charge in [-0.2, -0.15) is 5.26 Å². The Morgan fingerprint density at radius 1 is 1.27 bits per heavy atom. The van der Waals surface area contributed by atoms with E-state index in [-0.39, 0.29) is 41.4 Å². The number of amides is 2. The van der Waals surface area contributed by atoms with Crippen LogP contribution in [0.1, 0.15) is 70.9 Å². The number of benzene rings is 1. The predicted molar refractivity (Wildman–Crippen MR) is 136 cm³/mol. The number of aromatic nitrogens is 4.